The first-order valence-corrected chi connectivity index (χ1v) is 11.4. The van der Waals surface area contributed by atoms with Crippen LogP contribution in [0.4, 0.5) is 0 Å². The minimum atomic E-state index is -0.205. The number of hydrogen-bond acceptors (Lipinski definition) is 2. The molecule has 0 heterocycles. The SMILES string of the molecule is CCCCCCC(C)(C)c1ccc([C@H]2C[C@@H](O)C[C@H]3CCCC[C@@H]32)c(O)c1. The van der Waals surface area contributed by atoms with E-state index in [1.54, 1.807) is 0 Å². The van der Waals surface area contributed by atoms with E-state index in [1.807, 2.05) is 6.07 Å². The van der Waals surface area contributed by atoms with E-state index in [0.29, 0.717) is 23.5 Å². The van der Waals surface area contributed by atoms with Gasteiger partial charge in [-0.1, -0.05) is 77.8 Å². The average molecular weight is 373 g/mol. The lowest BCUT2D eigenvalue weighted by molar-refractivity contribution is 0.0322. The summed E-state index contributed by atoms with van der Waals surface area (Å²) in [5.41, 5.74) is 2.43. The number of aliphatic hydroxyl groups excluding tert-OH is 1. The molecular formula is C25H40O2. The monoisotopic (exact) mass is 372 g/mol. The molecule has 2 nitrogen and oxygen atoms in total. The lowest BCUT2D eigenvalue weighted by atomic mass is 9.62. The highest BCUT2D eigenvalue weighted by Gasteiger charge is 2.40. The molecule has 1 aromatic rings. The van der Waals surface area contributed by atoms with Crippen molar-refractivity contribution in [3.05, 3.63) is 29.3 Å². The zero-order valence-corrected chi connectivity index (χ0v) is 17.7. The van der Waals surface area contributed by atoms with Gasteiger partial charge >= 0.3 is 0 Å². The van der Waals surface area contributed by atoms with Crippen molar-refractivity contribution in [3.63, 3.8) is 0 Å². The summed E-state index contributed by atoms with van der Waals surface area (Å²) in [4.78, 5) is 0. The van der Waals surface area contributed by atoms with Crippen molar-refractivity contribution in [3.8, 4) is 5.75 Å². The molecule has 0 spiro atoms. The van der Waals surface area contributed by atoms with Crippen molar-refractivity contribution >= 4 is 0 Å². The Labute approximate surface area is 166 Å². The van der Waals surface area contributed by atoms with Gasteiger partial charge in [0.25, 0.3) is 0 Å². The van der Waals surface area contributed by atoms with Crippen LogP contribution in [0.2, 0.25) is 0 Å². The number of benzene rings is 1. The van der Waals surface area contributed by atoms with Gasteiger partial charge in [-0.05, 0) is 66.0 Å². The third-order valence-corrected chi connectivity index (χ3v) is 7.45. The van der Waals surface area contributed by atoms with Crippen LogP contribution in [-0.4, -0.2) is 16.3 Å². The Kier molecular flexibility index (Phi) is 6.89. The summed E-state index contributed by atoms with van der Waals surface area (Å²) in [6.45, 7) is 6.85. The summed E-state index contributed by atoms with van der Waals surface area (Å²) in [5.74, 6) is 2.06. The van der Waals surface area contributed by atoms with E-state index in [9.17, 15) is 10.2 Å². The fourth-order valence-corrected chi connectivity index (χ4v) is 5.75. The first-order valence-electron chi connectivity index (χ1n) is 11.4. The van der Waals surface area contributed by atoms with E-state index in [1.165, 1.54) is 63.4 Å². The molecule has 0 amide bonds. The van der Waals surface area contributed by atoms with Crippen molar-refractivity contribution < 1.29 is 10.2 Å². The first kappa shape index (κ1) is 20.7. The fraction of sp³-hybridized carbons (Fsp3) is 0.760. The second kappa shape index (κ2) is 8.99. The van der Waals surface area contributed by atoms with E-state index >= 15 is 0 Å². The van der Waals surface area contributed by atoms with Gasteiger partial charge in [0.2, 0.25) is 0 Å². The van der Waals surface area contributed by atoms with E-state index in [2.05, 4.69) is 32.9 Å². The second-order valence-electron chi connectivity index (χ2n) is 9.91. The third kappa shape index (κ3) is 4.88. The maximum Gasteiger partial charge on any atom is 0.119 e. The summed E-state index contributed by atoms with van der Waals surface area (Å²) in [7, 11) is 0. The summed E-state index contributed by atoms with van der Waals surface area (Å²) in [6.07, 6.45) is 13.0. The van der Waals surface area contributed by atoms with Crippen LogP contribution >= 0.6 is 0 Å². The van der Waals surface area contributed by atoms with Crippen molar-refractivity contribution in [1.29, 1.82) is 0 Å². The van der Waals surface area contributed by atoms with Crippen LogP contribution in [-0.2, 0) is 5.41 Å². The molecule has 2 aliphatic rings. The van der Waals surface area contributed by atoms with Crippen LogP contribution in [0, 0.1) is 11.8 Å². The van der Waals surface area contributed by atoms with Gasteiger partial charge in [-0.15, -0.1) is 0 Å². The zero-order chi connectivity index (χ0) is 19.4. The van der Waals surface area contributed by atoms with E-state index < -0.39 is 0 Å². The molecule has 2 aliphatic carbocycles. The van der Waals surface area contributed by atoms with Gasteiger partial charge in [0, 0.05) is 0 Å². The molecule has 27 heavy (non-hydrogen) atoms. The van der Waals surface area contributed by atoms with Gasteiger partial charge in [-0.2, -0.15) is 0 Å². The minimum Gasteiger partial charge on any atom is -0.508 e. The number of hydrogen-bond donors (Lipinski definition) is 2. The van der Waals surface area contributed by atoms with Crippen molar-refractivity contribution in [2.24, 2.45) is 11.8 Å². The quantitative estimate of drug-likeness (QED) is 0.524. The van der Waals surface area contributed by atoms with Gasteiger partial charge in [0.15, 0.2) is 0 Å². The van der Waals surface area contributed by atoms with E-state index in [4.69, 9.17) is 0 Å². The van der Waals surface area contributed by atoms with Crippen molar-refractivity contribution in [2.45, 2.75) is 109 Å². The van der Waals surface area contributed by atoms with Gasteiger partial charge in [-0.25, -0.2) is 0 Å². The Hall–Kier alpha value is -1.02. The summed E-state index contributed by atoms with van der Waals surface area (Å²) >= 11 is 0. The number of aliphatic hydroxyl groups is 1. The van der Waals surface area contributed by atoms with Crippen LogP contribution in [0.5, 0.6) is 5.75 Å². The third-order valence-electron chi connectivity index (χ3n) is 7.45. The Morgan fingerprint density at radius 1 is 1.04 bits per heavy atom. The number of phenols is 1. The van der Waals surface area contributed by atoms with Crippen LogP contribution in [0.25, 0.3) is 0 Å². The van der Waals surface area contributed by atoms with Crippen LogP contribution in [0.1, 0.15) is 108 Å². The van der Waals surface area contributed by atoms with Crippen molar-refractivity contribution in [1.82, 2.24) is 0 Å². The average Bonchev–Trinajstić information content (AvgIpc) is 2.64. The predicted molar refractivity (Wildman–Crippen MR) is 113 cm³/mol. The topological polar surface area (TPSA) is 40.5 Å². The Balaban J connectivity index is 1.75. The van der Waals surface area contributed by atoms with Crippen LogP contribution in [0.3, 0.4) is 0 Å². The molecule has 2 saturated carbocycles. The van der Waals surface area contributed by atoms with Crippen LogP contribution < -0.4 is 0 Å². The molecule has 1 aromatic carbocycles. The lowest BCUT2D eigenvalue weighted by Gasteiger charge is -2.43. The standard InChI is InChI=1S/C25H40O2/c1-4-5-6-9-14-25(2,3)19-12-13-22(24(27)16-19)23-17-20(26)15-18-10-7-8-11-21(18)23/h12-13,16,18,20-21,23,26-27H,4-11,14-15,17H2,1-3H3/t18-,20+,21+,23+/m1/s1. The van der Waals surface area contributed by atoms with Crippen molar-refractivity contribution in [2.75, 3.05) is 0 Å². The predicted octanol–water partition coefficient (Wildman–Crippen LogP) is 6.68. The molecule has 0 aromatic heterocycles. The first-order chi connectivity index (χ1) is 12.9. The molecule has 0 saturated heterocycles. The van der Waals surface area contributed by atoms with E-state index in [0.717, 1.165) is 18.4 Å². The van der Waals surface area contributed by atoms with E-state index in [-0.39, 0.29) is 11.5 Å². The van der Waals surface area contributed by atoms with Gasteiger partial charge in [0.05, 0.1) is 6.10 Å². The Morgan fingerprint density at radius 3 is 2.56 bits per heavy atom. The molecular weight excluding hydrogens is 332 g/mol. The second-order valence-corrected chi connectivity index (χ2v) is 9.91. The molecule has 0 unspecified atom stereocenters. The minimum absolute atomic E-state index is 0.100. The van der Waals surface area contributed by atoms with Gasteiger partial charge in [-0.3, -0.25) is 0 Å². The van der Waals surface area contributed by atoms with Gasteiger partial charge < -0.3 is 10.2 Å². The Bertz CT molecular complexity index is 606. The number of rotatable bonds is 7. The van der Waals surface area contributed by atoms with Crippen LogP contribution in [0.15, 0.2) is 18.2 Å². The molecule has 0 radical (unpaired) electrons. The molecule has 2 fully saturated rings. The zero-order valence-electron chi connectivity index (χ0n) is 17.7. The number of fused-ring (bicyclic) bond motifs is 1. The summed E-state index contributed by atoms with van der Waals surface area (Å²) in [6, 6.07) is 6.44. The molecule has 152 valence electrons. The molecule has 2 N–H and O–H groups in total. The maximum atomic E-state index is 10.9. The van der Waals surface area contributed by atoms with Gasteiger partial charge in [0.1, 0.15) is 5.75 Å². The largest absolute Gasteiger partial charge is 0.508 e. The number of phenolic OH excluding ortho intramolecular Hbond substituents is 1. The summed E-state index contributed by atoms with van der Waals surface area (Å²) in [5, 5.41) is 21.3. The smallest absolute Gasteiger partial charge is 0.119 e. The highest BCUT2D eigenvalue weighted by atomic mass is 16.3. The molecule has 4 atom stereocenters. The fourth-order valence-electron chi connectivity index (χ4n) is 5.75. The molecule has 0 aliphatic heterocycles. The lowest BCUT2D eigenvalue weighted by Crippen LogP contribution is -2.36. The molecule has 0 bridgehead atoms. The molecule has 3 rings (SSSR count). The maximum absolute atomic E-state index is 10.9. The highest BCUT2D eigenvalue weighted by Crippen LogP contribution is 2.50. The summed E-state index contributed by atoms with van der Waals surface area (Å²) < 4.78 is 0. The number of unbranched alkanes of at least 4 members (excludes halogenated alkanes) is 3. The normalized spacial score (nSPS) is 28.7. The molecule has 2 heteroatoms. The Morgan fingerprint density at radius 2 is 1.81 bits per heavy atom. The highest BCUT2D eigenvalue weighted by molar-refractivity contribution is 5.42. The number of aromatic hydroxyl groups is 1.